The van der Waals surface area contributed by atoms with Crippen molar-refractivity contribution < 1.29 is 14.3 Å². The zero-order chi connectivity index (χ0) is 12.3. The lowest BCUT2D eigenvalue weighted by Gasteiger charge is -2.32. The number of nitrogens with one attached hydrogen (secondary N) is 1. The molecule has 1 aliphatic rings. The molecule has 1 aromatic rings. The van der Waals surface area contributed by atoms with Gasteiger partial charge in [-0.2, -0.15) is 0 Å². The van der Waals surface area contributed by atoms with E-state index in [9.17, 15) is 9.18 Å². The highest BCUT2D eigenvalue weighted by Crippen LogP contribution is 2.21. The van der Waals surface area contributed by atoms with Gasteiger partial charge in [-0.05, 0) is 6.42 Å². The Morgan fingerprint density at radius 2 is 2.59 bits per heavy atom. The molecule has 2 atom stereocenters. The Morgan fingerprint density at radius 3 is 3.18 bits per heavy atom. The normalized spacial score (nSPS) is 24.6. The Morgan fingerprint density at radius 1 is 1.76 bits per heavy atom. The van der Waals surface area contributed by atoms with Crippen LogP contribution in [0, 0.1) is 5.92 Å². The number of rotatable bonds is 3. The predicted octanol–water partition coefficient (Wildman–Crippen LogP) is 1.29. The first-order valence-electron chi connectivity index (χ1n) is 5.29. The molecule has 0 radical (unpaired) electrons. The maximum Gasteiger partial charge on any atom is 0.407 e. The number of piperidine rings is 1. The second-order valence-electron chi connectivity index (χ2n) is 3.92. The molecule has 6 nitrogen and oxygen atoms in total. The molecule has 2 unspecified atom stereocenters. The summed E-state index contributed by atoms with van der Waals surface area (Å²) in [6.07, 6.45) is -1.65. The largest absolute Gasteiger partial charge is 0.465 e. The van der Waals surface area contributed by atoms with Gasteiger partial charge < -0.3 is 15.3 Å². The van der Waals surface area contributed by atoms with E-state index in [0.29, 0.717) is 24.6 Å². The van der Waals surface area contributed by atoms with Crippen molar-refractivity contribution in [2.24, 2.45) is 5.92 Å². The van der Waals surface area contributed by atoms with Gasteiger partial charge in [-0.1, -0.05) is 11.3 Å². The molecule has 1 aliphatic heterocycles. The number of amides is 1. The fraction of sp³-hybridized carbons (Fsp3) is 0.667. The molecular weight excluding hydrogens is 247 g/mol. The smallest absolute Gasteiger partial charge is 0.407 e. The molecule has 0 spiro atoms. The highest BCUT2D eigenvalue weighted by Gasteiger charge is 2.31. The van der Waals surface area contributed by atoms with Crippen molar-refractivity contribution in [3.05, 3.63) is 5.51 Å². The Hall–Kier alpha value is -1.44. The van der Waals surface area contributed by atoms with E-state index in [0.717, 1.165) is 4.90 Å². The summed E-state index contributed by atoms with van der Waals surface area (Å²) < 4.78 is 13.7. The average molecular weight is 260 g/mol. The van der Waals surface area contributed by atoms with Crippen LogP contribution in [-0.4, -0.2) is 52.1 Å². The van der Waals surface area contributed by atoms with Gasteiger partial charge in [0.25, 0.3) is 0 Å². The van der Waals surface area contributed by atoms with Crippen LogP contribution in [0.25, 0.3) is 0 Å². The molecule has 0 saturated carbocycles. The topological polar surface area (TPSA) is 78.4 Å². The van der Waals surface area contributed by atoms with Crippen LogP contribution in [0.2, 0.25) is 0 Å². The summed E-state index contributed by atoms with van der Waals surface area (Å²) in [6.45, 7) is 0.805. The lowest BCUT2D eigenvalue weighted by Crippen LogP contribution is -2.46. The Bertz CT molecular complexity index is 375. The summed E-state index contributed by atoms with van der Waals surface area (Å²) in [5, 5.41) is 19.9. The zero-order valence-electron chi connectivity index (χ0n) is 9.04. The number of alkyl halides is 1. The molecule has 2 rings (SSSR count). The van der Waals surface area contributed by atoms with Crippen LogP contribution in [0.4, 0.5) is 14.3 Å². The van der Waals surface area contributed by atoms with Crippen molar-refractivity contribution in [2.75, 3.05) is 25.0 Å². The Labute approximate surface area is 101 Å². The first-order valence-corrected chi connectivity index (χ1v) is 6.16. The number of aromatic nitrogens is 2. The molecular formula is C9H13FN4O2S. The lowest BCUT2D eigenvalue weighted by molar-refractivity contribution is 0.0799. The van der Waals surface area contributed by atoms with E-state index in [4.69, 9.17) is 5.11 Å². The highest BCUT2D eigenvalue weighted by atomic mass is 32.1. The molecule has 94 valence electrons. The van der Waals surface area contributed by atoms with E-state index in [2.05, 4.69) is 15.5 Å². The number of likely N-dealkylation sites (tertiary alicyclic amines) is 1. The minimum absolute atomic E-state index is 0.0439. The summed E-state index contributed by atoms with van der Waals surface area (Å²) in [5.74, 6) is -0.172. The average Bonchev–Trinajstić information content (AvgIpc) is 2.80. The Kier molecular flexibility index (Phi) is 3.72. The summed E-state index contributed by atoms with van der Waals surface area (Å²) in [5.41, 5.74) is 1.60. The number of halogens is 1. The number of hydrogen-bond donors (Lipinski definition) is 2. The van der Waals surface area contributed by atoms with Gasteiger partial charge in [0.1, 0.15) is 11.7 Å². The molecule has 0 aromatic carbocycles. The van der Waals surface area contributed by atoms with Crippen LogP contribution in [0.15, 0.2) is 5.51 Å². The second-order valence-corrected chi connectivity index (χ2v) is 4.75. The molecule has 1 amide bonds. The van der Waals surface area contributed by atoms with E-state index in [1.807, 2.05) is 0 Å². The van der Waals surface area contributed by atoms with Gasteiger partial charge in [0.2, 0.25) is 5.13 Å². The van der Waals surface area contributed by atoms with Crippen molar-refractivity contribution in [1.82, 2.24) is 15.1 Å². The molecule has 1 saturated heterocycles. The maximum absolute atomic E-state index is 13.7. The van der Waals surface area contributed by atoms with Crippen LogP contribution in [0.5, 0.6) is 0 Å². The number of anilines is 1. The third-order valence-electron chi connectivity index (χ3n) is 2.82. The van der Waals surface area contributed by atoms with Crippen LogP contribution < -0.4 is 5.32 Å². The summed E-state index contributed by atoms with van der Waals surface area (Å²) in [7, 11) is 0. The summed E-state index contributed by atoms with van der Waals surface area (Å²) >= 11 is 1.36. The molecule has 2 heterocycles. The minimum Gasteiger partial charge on any atom is -0.465 e. The fourth-order valence-electron chi connectivity index (χ4n) is 1.83. The predicted molar refractivity (Wildman–Crippen MR) is 61.0 cm³/mol. The molecule has 2 N–H and O–H groups in total. The van der Waals surface area contributed by atoms with Gasteiger partial charge >= 0.3 is 6.09 Å². The van der Waals surface area contributed by atoms with Gasteiger partial charge in [-0.15, -0.1) is 10.2 Å². The summed E-state index contributed by atoms with van der Waals surface area (Å²) in [4.78, 5) is 11.8. The fourth-order valence-corrected chi connectivity index (χ4v) is 2.28. The lowest BCUT2D eigenvalue weighted by atomic mass is 9.95. The van der Waals surface area contributed by atoms with Crippen molar-refractivity contribution >= 4 is 22.6 Å². The van der Waals surface area contributed by atoms with Gasteiger partial charge in [0.05, 0.1) is 6.54 Å². The molecule has 0 bridgehead atoms. The number of carbonyl (C=O) groups is 1. The van der Waals surface area contributed by atoms with Gasteiger partial charge in [-0.3, -0.25) is 0 Å². The van der Waals surface area contributed by atoms with E-state index < -0.39 is 12.3 Å². The second kappa shape index (κ2) is 5.26. The van der Waals surface area contributed by atoms with Crippen LogP contribution in [-0.2, 0) is 0 Å². The van der Waals surface area contributed by atoms with Gasteiger partial charge in [0.15, 0.2) is 0 Å². The molecule has 1 fully saturated rings. The van der Waals surface area contributed by atoms with E-state index in [1.165, 1.54) is 11.3 Å². The quantitative estimate of drug-likeness (QED) is 0.856. The molecule has 1 aromatic heterocycles. The van der Waals surface area contributed by atoms with Crippen molar-refractivity contribution in [3.8, 4) is 0 Å². The Balaban J connectivity index is 1.81. The van der Waals surface area contributed by atoms with Crippen LogP contribution >= 0.6 is 11.3 Å². The molecule has 0 aliphatic carbocycles. The zero-order valence-corrected chi connectivity index (χ0v) is 9.86. The van der Waals surface area contributed by atoms with Crippen molar-refractivity contribution in [2.45, 2.75) is 12.6 Å². The third kappa shape index (κ3) is 3.02. The van der Waals surface area contributed by atoms with E-state index in [-0.39, 0.29) is 12.5 Å². The molecule has 17 heavy (non-hydrogen) atoms. The maximum atomic E-state index is 13.7. The monoisotopic (exact) mass is 260 g/mol. The van der Waals surface area contributed by atoms with Gasteiger partial charge in [0, 0.05) is 19.0 Å². The van der Waals surface area contributed by atoms with E-state index >= 15 is 0 Å². The first kappa shape index (κ1) is 12.0. The standard InChI is InChI=1S/C9H13FN4O2S/c10-7-4-14(9(15)16)2-1-6(7)3-11-8-13-12-5-17-8/h5-7H,1-4H2,(H,11,13)(H,15,16). The van der Waals surface area contributed by atoms with Crippen LogP contribution in [0.3, 0.4) is 0 Å². The van der Waals surface area contributed by atoms with Crippen LogP contribution in [0.1, 0.15) is 6.42 Å². The number of hydrogen-bond acceptors (Lipinski definition) is 5. The van der Waals surface area contributed by atoms with Gasteiger partial charge in [-0.25, -0.2) is 9.18 Å². The van der Waals surface area contributed by atoms with Crippen molar-refractivity contribution in [3.63, 3.8) is 0 Å². The number of nitrogens with zero attached hydrogens (tertiary/aromatic N) is 3. The first-order chi connectivity index (χ1) is 8.16. The third-order valence-corrected chi connectivity index (χ3v) is 3.47. The number of carboxylic acid groups (broad SMARTS) is 1. The minimum atomic E-state index is -1.12. The van der Waals surface area contributed by atoms with Crippen molar-refractivity contribution in [1.29, 1.82) is 0 Å². The molecule has 8 heteroatoms. The highest BCUT2D eigenvalue weighted by molar-refractivity contribution is 7.13. The SMILES string of the molecule is O=C(O)N1CCC(CNc2nncs2)C(F)C1. The summed E-state index contributed by atoms with van der Waals surface area (Å²) in [6, 6.07) is 0. The van der Waals surface area contributed by atoms with E-state index in [1.54, 1.807) is 5.51 Å².